The SMILES string of the molecule is COc1ccnc(N2CC3CN(c4nc5c(cc4C#N)COCC5)CC3C2)n1. The van der Waals surface area contributed by atoms with Gasteiger partial charge in [0.05, 0.1) is 31.6 Å². The molecule has 0 saturated carbocycles. The Kier molecular flexibility index (Phi) is 4.24. The molecule has 8 heteroatoms. The van der Waals surface area contributed by atoms with Crippen LogP contribution in [0.25, 0.3) is 0 Å². The van der Waals surface area contributed by atoms with Crippen LogP contribution in [0.15, 0.2) is 18.3 Å². The van der Waals surface area contributed by atoms with Crippen LogP contribution in [0.5, 0.6) is 5.88 Å². The molecular formula is C20H22N6O2. The van der Waals surface area contributed by atoms with Gasteiger partial charge in [0.1, 0.15) is 11.9 Å². The molecule has 2 aromatic rings. The molecule has 0 spiro atoms. The molecule has 8 nitrogen and oxygen atoms in total. The second kappa shape index (κ2) is 6.91. The first-order valence-corrected chi connectivity index (χ1v) is 9.62. The Hall–Kier alpha value is -2.92. The zero-order chi connectivity index (χ0) is 19.1. The molecule has 0 N–H and O–H groups in total. The van der Waals surface area contributed by atoms with Gasteiger partial charge in [0.2, 0.25) is 11.8 Å². The van der Waals surface area contributed by atoms with E-state index in [0.29, 0.717) is 36.5 Å². The van der Waals surface area contributed by atoms with Crippen molar-refractivity contribution in [1.29, 1.82) is 5.26 Å². The van der Waals surface area contributed by atoms with Crippen molar-refractivity contribution < 1.29 is 9.47 Å². The third kappa shape index (κ3) is 2.92. The van der Waals surface area contributed by atoms with Gasteiger partial charge < -0.3 is 19.3 Å². The summed E-state index contributed by atoms with van der Waals surface area (Å²) < 4.78 is 10.7. The molecule has 0 aliphatic carbocycles. The van der Waals surface area contributed by atoms with Crippen molar-refractivity contribution in [1.82, 2.24) is 15.0 Å². The van der Waals surface area contributed by atoms with Gasteiger partial charge >= 0.3 is 0 Å². The average molecular weight is 378 g/mol. The van der Waals surface area contributed by atoms with Crippen LogP contribution in [0.3, 0.4) is 0 Å². The first-order chi connectivity index (χ1) is 13.7. The van der Waals surface area contributed by atoms with Crippen LogP contribution in [-0.2, 0) is 17.8 Å². The molecule has 28 heavy (non-hydrogen) atoms. The molecule has 5 heterocycles. The monoisotopic (exact) mass is 378 g/mol. The minimum atomic E-state index is 0.516. The minimum Gasteiger partial charge on any atom is -0.481 e. The summed E-state index contributed by atoms with van der Waals surface area (Å²) in [7, 11) is 1.62. The van der Waals surface area contributed by atoms with Gasteiger partial charge in [-0.25, -0.2) is 9.97 Å². The number of aromatic nitrogens is 3. The number of rotatable bonds is 3. The molecule has 0 aromatic carbocycles. The van der Waals surface area contributed by atoms with E-state index in [4.69, 9.17) is 14.5 Å². The van der Waals surface area contributed by atoms with Crippen LogP contribution in [-0.4, -0.2) is 54.8 Å². The van der Waals surface area contributed by atoms with Gasteiger partial charge in [-0.1, -0.05) is 0 Å². The van der Waals surface area contributed by atoms with E-state index in [2.05, 4.69) is 25.8 Å². The minimum absolute atomic E-state index is 0.516. The number of hydrogen-bond donors (Lipinski definition) is 0. The van der Waals surface area contributed by atoms with Crippen molar-refractivity contribution in [3.05, 3.63) is 35.2 Å². The quantitative estimate of drug-likeness (QED) is 0.792. The van der Waals surface area contributed by atoms with Crippen molar-refractivity contribution in [3.63, 3.8) is 0 Å². The largest absolute Gasteiger partial charge is 0.481 e. The number of pyridine rings is 1. The van der Waals surface area contributed by atoms with E-state index in [9.17, 15) is 5.26 Å². The average Bonchev–Trinajstić information content (AvgIpc) is 3.32. The van der Waals surface area contributed by atoms with E-state index < -0.39 is 0 Å². The highest BCUT2D eigenvalue weighted by Crippen LogP contribution is 2.36. The number of nitriles is 1. The second-order valence-corrected chi connectivity index (χ2v) is 7.61. The van der Waals surface area contributed by atoms with Gasteiger partial charge in [-0.05, 0) is 6.07 Å². The zero-order valence-corrected chi connectivity index (χ0v) is 15.8. The summed E-state index contributed by atoms with van der Waals surface area (Å²) in [5, 5.41) is 9.63. The number of methoxy groups -OCH3 is 1. The van der Waals surface area contributed by atoms with Crippen molar-refractivity contribution in [2.45, 2.75) is 13.0 Å². The predicted molar refractivity (Wildman–Crippen MR) is 102 cm³/mol. The first-order valence-electron chi connectivity index (χ1n) is 9.62. The normalized spacial score (nSPS) is 23.3. The zero-order valence-electron chi connectivity index (χ0n) is 15.8. The predicted octanol–water partition coefficient (Wildman–Crippen LogP) is 1.40. The van der Waals surface area contributed by atoms with E-state index in [-0.39, 0.29) is 0 Å². The molecule has 0 amide bonds. The van der Waals surface area contributed by atoms with Gasteiger partial charge in [-0.3, -0.25) is 0 Å². The summed E-state index contributed by atoms with van der Waals surface area (Å²) in [5.74, 6) is 3.18. The molecule has 144 valence electrons. The molecule has 0 bridgehead atoms. The van der Waals surface area contributed by atoms with Crippen molar-refractivity contribution in [3.8, 4) is 11.9 Å². The fraction of sp³-hybridized carbons (Fsp3) is 0.500. The standard InChI is InChI=1S/C20H22N6O2/c1-27-18-2-4-22-20(24-18)26-10-15-8-25(9-16(15)11-26)19-13(7-21)6-14-12-28-5-3-17(14)23-19/h2,4,6,15-16H,3,5,8-12H2,1H3. The molecule has 3 aliphatic rings. The number of fused-ring (bicyclic) bond motifs is 2. The number of nitrogens with zero attached hydrogens (tertiary/aromatic N) is 6. The number of ether oxygens (including phenoxy) is 2. The summed E-state index contributed by atoms with van der Waals surface area (Å²) >= 11 is 0. The molecule has 2 atom stereocenters. The van der Waals surface area contributed by atoms with Crippen LogP contribution < -0.4 is 14.5 Å². The van der Waals surface area contributed by atoms with Crippen molar-refractivity contribution in [2.75, 3.05) is 49.7 Å². The van der Waals surface area contributed by atoms with Crippen LogP contribution in [0, 0.1) is 23.2 Å². The lowest BCUT2D eigenvalue weighted by molar-refractivity contribution is 0.109. The molecule has 2 saturated heterocycles. The summed E-state index contributed by atoms with van der Waals surface area (Å²) in [6.45, 7) is 4.89. The highest BCUT2D eigenvalue weighted by molar-refractivity contribution is 5.57. The maximum Gasteiger partial charge on any atom is 0.228 e. The van der Waals surface area contributed by atoms with Gasteiger partial charge in [-0.2, -0.15) is 10.2 Å². The highest BCUT2D eigenvalue weighted by Gasteiger charge is 2.42. The lowest BCUT2D eigenvalue weighted by Crippen LogP contribution is -2.31. The molecule has 2 unspecified atom stereocenters. The Morgan fingerprint density at radius 3 is 2.71 bits per heavy atom. The molecular weight excluding hydrogens is 356 g/mol. The molecule has 2 aromatic heterocycles. The summed E-state index contributed by atoms with van der Waals surface area (Å²) in [6.07, 6.45) is 2.55. The maximum atomic E-state index is 9.63. The van der Waals surface area contributed by atoms with Gasteiger partial charge in [0.15, 0.2) is 0 Å². The van der Waals surface area contributed by atoms with E-state index in [1.165, 1.54) is 0 Å². The van der Waals surface area contributed by atoms with E-state index in [1.807, 2.05) is 6.07 Å². The first kappa shape index (κ1) is 17.2. The molecule has 0 radical (unpaired) electrons. The summed E-state index contributed by atoms with van der Waals surface area (Å²) in [4.78, 5) is 18.2. The Morgan fingerprint density at radius 2 is 1.96 bits per heavy atom. The maximum absolute atomic E-state index is 9.63. The fourth-order valence-corrected chi connectivity index (χ4v) is 4.53. The Labute approximate surface area is 163 Å². The summed E-state index contributed by atoms with van der Waals surface area (Å²) in [5.41, 5.74) is 2.77. The number of hydrogen-bond acceptors (Lipinski definition) is 8. The lowest BCUT2D eigenvalue weighted by atomic mass is 10.0. The second-order valence-electron chi connectivity index (χ2n) is 7.61. The highest BCUT2D eigenvalue weighted by atomic mass is 16.5. The third-order valence-electron chi connectivity index (χ3n) is 5.93. The molecule has 3 aliphatic heterocycles. The lowest BCUT2D eigenvalue weighted by Gasteiger charge is -2.25. The number of anilines is 2. The van der Waals surface area contributed by atoms with Crippen LogP contribution >= 0.6 is 0 Å². The Bertz CT molecular complexity index is 929. The van der Waals surface area contributed by atoms with E-state index in [1.54, 1.807) is 19.4 Å². The van der Waals surface area contributed by atoms with E-state index >= 15 is 0 Å². The smallest absolute Gasteiger partial charge is 0.228 e. The van der Waals surface area contributed by atoms with Crippen LogP contribution in [0.1, 0.15) is 16.8 Å². The Balaban J connectivity index is 1.34. The Morgan fingerprint density at radius 1 is 1.18 bits per heavy atom. The summed E-state index contributed by atoms with van der Waals surface area (Å²) in [6, 6.07) is 6.05. The van der Waals surface area contributed by atoms with Crippen molar-refractivity contribution in [2.24, 2.45) is 11.8 Å². The van der Waals surface area contributed by atoms with Gasteiger partial charge in [-0.15, -0.1) is 0 Å². The fourth-order valence-electron chi connectivity index (χ4n) is 4.53. The van der Waals surface area contributed by atoms with Crippen LogP contribution in [0.2, 0.25) is 0 Å². The van der Waals surface area contributed by atoms with Gasteiger partial charge in [0.25, 0.3) is 0 Å². The molecule has 2 fully saturated rings. The van der Waals surface area contributed by atoms with Crippen molar-refractivity contribution >= 4 is 11.8 Å². The molecule has 5 rings (SSSR count). The van der Waals surface area contributed by atoms with Gasteiger partial charge in [0, 0.05) is 62.3 Å². The third-order valence-corrected chi connectivity index (χ3v) is 5.93. The van der Waals surface area contributed by atoms with E-state index in [0.717, 1.165) is 55.6 Å². The topological polar surface area (TPSA) is 87.4 Å². The van der Waals surface area contributed by atoms with Crippen LogP contribution in [0.4, 0.5) is 11.8 Å².